The number of aliphatic hydroxyl groups excluding tert-OH is 1. The smallest absolute Gasteiger partial charge is 0.252 e. The van der Waals surface area contributed by atoms with Gasteiger partial charge in [-0.25, -0.2) is 4.39 Å². The first-order valence-electron chi connectivity index (χ1n) is 5.65. The fourth-order valence-corrected chi connectivity index (χ4v) is 1.60. The molecule has 2 amide bonds. The van der Waals surface area contributed by atoms with Gasteiger partial charge < -0.3 is 15.7 Å². The fourth-order valence-electron chi connectivity index (χ4n) is 1.34. The van der Waals surface area contributed by atoms with Crippen LogP contribution in [0.15, 0.2) is 18.2 Å². The molecule has 0 aliphatic carbocycles. The Labute approximate surface area is 114 Å². The van der Waals surface area contributed by atoms with Crippen LogP contribution in [0.2, 0.25) is 5.02 Å². The van der Waals surface area contributed by atoms with Crippen molar-refractivity contribution in [1.82, 2.24) is 10.6 Å². The first-order chi connectivity index (χ1) is 9.04. The lowest BCUT2D eigenvalue weighted by Crippen LogP contribution is -2.32. The maximum absolute atomic E-state index is 12.8. The number of carbonyl (C=O) groups excluding carboxylic acids is 2. The Kier molecular flexibility index (Phi) is 6.24. The van der Waals surface area contributed by atoms with E-state index >= 15 is 0 Å². The molecule has 0 saturated carbocycles. The van der Waals surface area contributed by atoms with Gasteiger partial charge in [-0.3, -0.25) is 9.59 Å². The summed E-state index contributed by atoms with van der Waals surface area (Å²) in [7, 11) is 0. The molecule has 5 nitrogen and oxygen atoms in total. The largest absolute Gasteiger partial charge is 0.395 e. The fraction of sp³-hybridized carbons (Fsp3) is 0.333. The second-order valence-electron chi connectivity index (χ2n) is 3.70. The van der Waals surface area contributed by atoms with Gasteiger partial charge in [-0.2, -0.15) is 0 Å². The highest BCUT2D eigenvalue weighted by Crippen LogP contribution is 2.16. The summed E-state index contributed by atoms with van der Waals surface area (Å²) in [5.74, 6) is -1.27. The molecule has 7 heteroatoms. The van der Waals surface area contributed by atoms with Gasteiger partial charge in [0, 0.05) is 19.5 Å². The third-order valence-electron chi connectivity index (χ3n) is 2.25. The Morgan fingerprint density at radius 1 is 1.26 bits per heavy atom. The van der Waals surface area contributed by atoms with Crippen LogP contribution < -0.4 is 10.6 Å². The third kappa shape index (κ3) is 5.23. The third-order valence-corrected chi connectivity index (χ3v) is 2.56. The lowest BCUT2D eigenvalue weighted by molar-refractivity contribution is -0.121. The average molecular weight is 289 g/mol. The Morgan fingerprint density at radius 3 is 2.63 bits per heavy atom. The average Bonchev–Trinajstić information content (AvgIpc) is 2.36. The van der Waals surface area contributed by atoms with E-state index in [2.05, 4.69) is 10.6 Å². The highest BCUT2D eigenvalue weighted by Gasteiger charge is 2.11. The molecule has 1 aromatic carbocycles. The first kappa shape index (κ1) is 15.4. The van der Waals surface area contributed by atoms with Crippen molar-refractivity contribution >= 4 is 23.4 Å². The number of benzene rings is 1. The number of halogens is 2. The van der Waals surface area contributed by atoms with Crippen LogP contribution >= 0.6 is 11.6 Å². The topological polar surface area (TPSA) is 78.4 Å². The molecule has 0 unspecified atom stereocenters. The maximum Gasteiger partial charge on any atom is 0.252 e. The van der Waals surface area contributed by atoms with E-state index in [0.717, 1.165) is 12.1 Å². The zero-order valence-corrected chi connectivity index (χ0v) is 10.8. The van der Waals surface area contributed by atoms with Crippen molar-refractivity contribution in [3.05, 3.63) is 34.6 Å². The van der Waals surface area contributed by atoms with Crippen LogP contribution in [0.3, 0.4) is 0 Å². The summed E-state index contributed by atoms with van der Waals surface area (Å²) < 4.78 is 12.8. The quantitative estimate of drug-likeness (QED) is 0.721. The lowest BCUT2D eigenvalue weighted by Gasteiger charge is -2.07. The Morgan fingerprint density at radius 2 is 2.00 bits per heavy atom. The van der Waals surface area contributed by atoms with Crippen LogP contribution in [0.1, 0.15) is 16.8 Å². The van der Waals surface area contributed by atoms with Gasteiger partial charge in [0.25, 0.3) is 5.91 Å². The van der Waals surface area contributed by atoms with Crippen LogP contribution in [0, 0.1) is 5.82 Å². The molecule has 3 N–H and O–H groups in total. The minimum atomic E-state index is -0.523. The number of hydrogen-bond donors (Lipinski definition) is 3. The molecule has 0 fully saturated rings. The molecule has 1 rings (SSSR count). The molecule has 0 aromatic heterocycles. The van der Waals surface area contributed by atoms with Crippen molar-refractivity contribution in [2.75, 3.05) is 19.7 Å². The van der Waals surface area contributed by atoms with Crippen LogP contribution in [-0.2, 0) is 4.79 Å². The number of hydrogen-bond acceptors (Lipinski definition) is 3. The van der Waals surface area contributed by atoms with Gasteiger partial charge in [0.05, 0.1) is 17.2 Å². The van der Waals surface area contributed by atoms with Crippen molar-refractivity contribution in [1.29, 1.82) is 0 Å². The number of amides is 2. The predicted octanol–water partition coefficient (Wildman–Crippen LogP) is 0.708. The summed E-state index contributed by atoms with van der Waals surface area (Å²) >= 11 is 5.73. The van der Waals surface area contributed by atoms with Gasteiger partial charge in [0.1, 0.15) is 5.82 Å². The minimum Gasteiger partial charge on any atom is -0.395 e. The van der Waals surface area contributed by atoms with Crippen LogP contribution in [0.5, 0.6) is 0 Å². The van der Waals surface area contributed by atoms with Gasteiger partial charge in [-0.05, 0) is 18.2 Å². The number of aliphatic hydroxyl groups is 1. The van der Waals surface area contributed by atoms with E-state index < -0.39 is 11.7 Å². The van der Waals surface area contributed by atoms with E-state index in [1.807, 2.05) is 0 Å². The molecule has 104 valence electrons. The van der Waals surface area contributed by atoms with E-state index in [1.54, 1.807) is 0 Å². The summed E-state index contributed by atoms with van der Waals surface area (Å²) in [6, 6.07) is 3.46. The van der Waals surface area contributed by atoms with E-state index in [1.165, 1.54) is 6.07 Å². The lowest BCUT2D eigenvalue weighted by atomic mass is 10.2. The second kappa shape index (κ2) is 7.70. The van der Waals surface area contributed by atoms with Crippen molar-refractivity contribution < 1.29 is 19.1 Å². The molecule has 19 heavy (non-hydrogen) atoms. The van der Waals surface area contributed by atoms with Crippen molar-refractivity contribution in [2.24, 2.45) is 0 Å². The van der Waals surface area contributed by atoms with Gasteiger partial charge in [0.15, 0.2) is 0 Å². The summed E-state index contributed by atoms with van der Waals surface area (Å²) in [4.78, 5) is 22.9. The molecule has 0 bridgehead atoms. The molecule has 0 radical (unpaired) electrons. The molecule has 0 atom stereocenters. The highest BCUT2D eigenvalue weighted by atomic mass is 35.5. The predicted molar refractivity (Wildman–Crippen MR) is 68.5 cm³/mol. The van der Waals surface area contributed by atoms with E-state index in [0.29, 0.717) is 0 Å². The molecule has 0 heterocycles. The number of carbonyl (C=O) groups is 2. The van der Waals surface area contributed by atoms with Crippen molar-refractivity contribution in [2.45, 2.75) is 6.42 Å². The molecule has 0 aliphatic rings. The molecular weight excluding hydrogens is 275 g/mol. The van der Waals surface area contributed by atoms with Crippen LogP contribution in [0.4, 0.5) is 4.39 Å². The van der Waals surface area contributed by atoms with E-state index in [4.69, 9.17) is 16.7 Å². The van der Waals surface area contributed by atoms with Crippen molar-refractivity contribution in [3.8, 4) is 0 Å². The number of rotatable bonds is 6. The van der Waals surface area contributed by atoms with Crippen LogP contribution in [-0.4, -0.2) is 36.6 Å². The van der Waals surface area contributed by atoms with Gasteiger partial charge in [-0.15, -0.1) is 0 Å². The summed E-state index contributed by atoms with van der Waals surface area (Å²) in [6.07, 6.45) is 0.0879. The van der Waals surface area contributed by atoms with Gasteiger partial charge in [-0.1, -0.05) is 11.6 Å². The summed E-state index contributed by atoms with van der Waals surface area (Å²) in [6.45, 7) is 0.170. The van der Waals surface area contributed by atoms with E-state index in [-0.39, 0.29) is 42.6 Å². The zero-order chi connectivity index (χ0) is 14.3. The minimum absolute atomic E-state index is 0.0160. The maximum atomic E-state index is 12.8. The van der Waals surface area contributed by atoms with Crippen molar-refractivity contribution in [3.63, 3.8) is 0 Å². The molecular formula is C12H14ClFN2O3. The Bertz CT molecular complexity index is 468. The number of nitrogens with one attached hydrogen (secondary N) is 2. The van der Waals surface area contributed by atoms with Gasteiger partial charge >= 0.3 is 0 Å². The zero-order valence-electron chi connectivity index (χ0n) is 10.1. The SMILES string of the molecule is O=C(CCNC(=O)c1ccc(F)cc1Cl)NCCO. The molecule has 0 saturated heterocycles. The summed E-state index contributed by atoms with van der Waals surface area (Å²) in [5.41, 5.74) is 0.152. The first-order valence-corrected chi connectivity index (χ1v) is 6.03. The van der Waals surface area contributed by atoms with Gasteiger partial charge in [0.2, 0.25) is 5.91 Å². The Balaban J connectivity index is 2.41. The Hall–Kier alpha value is -1.66. The van der Waals surface area contributed by atoms with E-state index in [9.17, 15) is 14.0 Å². The van der Waals surface area contributed by atoms with Crippen LogP contribution in [0.25, 0.3) is 0 Å². The highest BCUT2D eigenvalue weighted by molar-refractivity contribution is 6.33. The molecule has 1 aromatic rings. The normalized spacial score (nSPS) is 10.1. The standard InChI is InChI=1S/C12H14ClFN2O3/c13-10-7-8(14)1-2-9(10)12(19)16-4-3-11(18)15-5-6-17/h1-2,7,17H,3-6H2,(H,15,18)(H,16,19). The second-order valence-corrected chi connectivity index (χ2v) is 4.11. The monoisotopic (exact) mass is 288 g/mol. The molecule has 0 aliphatic heterocycles. The molecule has 0 spiro atoms. The summed E-state index contributed by atoms with van der Waals surface area (Å²) in [5, 5.41) is 13.5.